The van der Waals surface area contributed by atoms with E-state index in [0.29, 0.717) is 17.5 Å². The van der Waals surface area contributed by atoms with Crippen LogP contribution in [0, 0.1) is 11.8 Å². The number of hydrogen-bond donors (Lipinski definition) is 1. The predicted molar refractivity (Wildman–Crippen MR) is 79.5 cm³/mol. The summed E-state index contributed by atoms with van der Waals surface area (Å²) >= 11 is 0. The molecule has 6 heteroatoms. The molecule has 1 aromatic rings. The number of hydrogen-bond acceptors (Lipinski definition) is 2. The van der Waals surface area contributed by atoms with Crippen molar-refractivity contribution in [2.24, 2.45) is 11.8 Å². The maximum Gasteiger partial charge on any atom is 0.416 e. The van der Waals surface area contributed by atoms with Crippen LogP contribution >= 0.6 is 0 Å². The molecule has 1 saturated heterocycles. The van der Waals surface area contributed by atoms with E-state index in [2.05, 4.69) is 24.1 Å². The second kappa shape index (κ2) is 6.69. The first-order valence-electron chi connectivity index (χ1n) is 7.43. The fourth-order valence-corrected chi connectivity index (χ4v) is 3.07. The smallest absolute Gasteiger partial charge is 0.325 e. The molecule has 1 fully saturated rings. The molecule has 0 saturated carbocycles. The molecule has 0 radical (unpaired) electrons. The van der Waals surface area contributed by atoms with Crippen LogP contribution in [0.1, 0.15) is 25.8 Å². The summed E-state index contributed by atoms with van der Waals surface area (Å²) in [6.45, 7) is 6.36. The third-order valence-electron chi connectivity index (χ3n) is 3.81. The fourth-order valence-electron chi connectivity index (χ4n) is 3.07. The number of halogens is 3. The second-order valence-electron chi connectivity index (χ2n) is 6.26. The molecule has 1 heterocycles. The zero-order valence-electron chi connectivity index (χ0n) is 12.8. The Morgan fingerprint density at radius 2 is 1.73 bits per heavy atom. The number of carbonyl (C=O) groups is 1. The Morgan fingerprint density at radius 3 is 2.23 bits per heavy atom. The van der Waals surface area contributed by atoms with Gasteiger partial charge in [-0.3, -0.25) is 9.69 Å². The third-order valence-corrected chi connectivity index (χ3v) is 3.81. The number of benzene rings is 1. The van der Waals surface area contributed by atoms with Crippen molar-refractivity contribution in [3.63, 3.8) is 0 Å². The average Bonchev–Trinajstić information content (AvgIpc) is 2.36. The number of carbonyl (C=O) groups excluding carboxylic acids is 1. The second-order valence-corrected chi connectivity index (χ2v) is 6.26. The molecule has 0 bridgehead atoms. The average molecular weight is 314 g/mol. The largest absolute Gasteiger partial charge is 0.416 e. The first-order chi connectivity index (χ1) is 10.2. The number of alkyl halides is 3. The number of anilines is 1. The van der Waals surface area contributed by atoms with Crippen LogP contribution in [0.5, 0.6) is 0 Å². The van der Waals surface area contributed by atoms with Crippen molar-refractivity contribution < 1.29 is 18.0 Å². The van der Waals surface area contributed by atoms with Gasteiger partial charge in [0.25, 0.3) is 0 Å². The molecular formula is C16H21F3N2O. The highest BCUT2D eigenvalue weighted by Gasteiger charge is 2.30. The Labute approximate surface area is 128 Å². The van der Waals surface area contributed by atoms with Gasteiger partial charge in [-0.2, -0.15) is 13.2 Å². The zero-order valence-corrected chi connectivity index (χ0v) is 12.8. The van der Waals surface area contributed by atoms with Crippen molar-refractivity contribution >= 4 is 11.6 Å². The van der Waals surface area contributed by atoms with Gasteiger partial charge in [0.05, 0.1) is 12.1 Å². The van der Waals surface area contributed by atoms with Gasteiger partial charge in [-0.05, 0) is 42.5 Å². The summed E-state index contributed by atoms with van der Waals surface area (Å²) in [6.07, 6.45) is -3.19. The number of nitrogens with one attached hydrogen (secondary N) is 1. The molecule has 1 aromatic carbocycles. The predicted octanol–water partition coefficient (Wildman–Crippen LogP) is 3.62. The van der Waals surface area contributed by atoms with E-state index in [1.807, 2.05) is 0 Å². The van der Waals surface area contributed by atoms with Gasteiger partial charge in [-0.15, -0.1) is 0 Å². The number of rotatable bonds is 3. The van der Waals surface area contributed by atoms with Crippen LogP contribution in [0.15, 0.2) is 24.3 Å². The van der Waals surface area contributed by atoms with Gasteiger partial charge in [0.1, 0.15) is 0 Å². The van der Waals surface area contributed by atoms with Crippen molar-refractivity contribution in [1.82, 2.24) is 4.90 Å². The minimum Gasteiger partial charge on any atom is -0.325 e. The highest BCUT2D eigenvalue weighted by Crippen LogP contribution is 2.29. The SMILES string of the molecule is CC1CC(C)CN(CC(=O)Nc2ccc(C(F)(F)F)cc2)C1. The monoisotopic (exact) mass is 314 g/mol. The Bertz CT molecular complexity index is 503. The van der Waals surface area contributed by atoms with Gasteiger partial charge in [-0.25, -0.2) is 0 Å². The van der Waals surface area contributed by atoms with Gasteiger partial charge in [0.2, 0.25) is 5.91 Å². The van der Waals surface area contributed by atoms with E-state index in [1.54, 1.807) is 0 Å². The Kier molecular flexibility index (Phi) is 5.11. The van der Waals surface area contributed by atoms with E-state index in [9.17, 15) is 18.0 Å². The van der Waals surface area contributed by atoms with Crippen LogP contribution in [0.4, 0.5) is 18.9 Å². The van der Waals surface area contributed by atoms with Crippen LogP contribution in [0.2, 0.25) is 0 Å². The van der Waals surface area contributed by atoms with Crippen LogP contribution in [0.25, 0.3) is 0 Å². The maximum absolute atomic E-state index is 12.5. The third kappa shape index (κ3) is 4.73. The molecule has 3 nitrogen and oxygen atoms in total. The molecule has 1 aliphatic rings. The molecule has 0 aromatic heterocycles. The van der Waals surface area contributed by atoms with Gasteiger partial charge >= 0.3 is 6.18 Å². The lowest BCUT2D eigenvalue weighted by molar-refractivity contribution is -0.137. The quantitative estimate of drug-likeness (QED) is 0.924. The van der Waals surface area contributed by atoms with Crippen LogP contribution in [0.3, 0.4) is 0 Å². The first kappa shape index (κ1) is 16.8. The lowest BCUT2D eigenvalue weighted by Gasteiger charge is -2.34. The van der Waals surface area contributed by atoms with Crippen molar-refractivity contribution in [1.29, 1.82) is 0 Å². The molecular weight excluding hydrogens is 293 g/mol. The summed E-state index contributed by atoms with van der Waals surface area (Å²) in [5.74, 6) is 0.922. The summed E-state index contributed by atoms with van der Waals surface area (Å²) in [4.78, 5) is 14.1. The molecule has 1 aliphatic heterocycles. The van der Waals surface area contributed by atoms with Gasteiger partial charge < -0.3 is 5.32 Å². The lowest BCUT2D eigenvalue weighted by Crippen LogP contribution is -2.42. The molecule has 2 unspecified atom stereocenters. The minimum atomic E-state index is -4.36. The number of likely N-dealkylation sites (tertiary alicyclic amines) is 1. The molecule has 2 atom stereocenters. The lowest BCUT2D eigenvalue weighted by atomic mass is 9.92. The van der Waals surface area contributed by atoms with Crippen LogP contribution < -0.4 is 5.32 Å². The van der Waals surface area contributed by atoms with E-state index in [4.69, 9.17) is 0 Å². The normalized spacial score (nSPS) is 23.3. The van der Waals surface area contributed by atoms with Crippen LogP contribution in [-0.4, -0.2) is 30.4 Å². The van der Waals surface area contributed by atoms with Gasteiger partial charge in [-0.1, -0.05) is 13.8 Å². The van der Waals surface area contributed by atoms with E-state index < -0.39 is 11.7 Å². The Balaban J connectivity index is 1.89. The summed E-state index contributed by atoms with van der Waals surface area (Å²) < 4.78 is 37.4. The number of nitrogens with zero attached hydrogens (tertiary/aromatic N) is 1. The maximum atomic E-state index is 12.5. The van der Waals surface area contributed by atoms with Crippen molar-refractivity contribution in [3.8, 4) is 0 Å². The minimum absolute atomic E-state index is 0.193. The van der Waals surface area contributed by atoms with Crippen molar-refractivity contribution in [2.75, 3.05) is 25.0 Å². The highest BCUT2D eigenvalue weighted by atomic mass is 19.4. The highest BCUT2D eigenvalue weighted by molar-refractivity contribution is 5.92. The fraction of sp³-hybridized carbons (Fsp3) is 0.562. The standard InChI is InChI=1S/C16H21F3N2O/c1-11-7-12(2)9-21(8-11)10-15(22)20-14-5-3-13(4-6-14)16(17,18)19/h3-6,11-12H,7-10H2,1-2H3,(H,20,22). The topological polar surface area (TPSA) is 32.3 Å². The zero-order chi connectivity index (χ0) is 16.3. The van der Waals surface area contributed by atoms with Crippen LogP contribution in [-0.2, 0) is 11.0 Å². The summed E-state index contributed by atoms with van der Waals surface area (Å²) in [6, 6.07) is 4.51. The molecule has 2 rings (SSSR count). The summed E-state index contributed by atoms with van der Waals surface area (Å²) in [5, 5.41) is 2.65. The van der Waals surface area contributed by atoms with Crippen molar-refractivity contribution in [3.05, 3.63) is 29.8 Å². The molecule has 0 aliphatic carbocycles. The van der Waals surface area contributed by atoms with E-state index in [0.717, 1.165) is 31.6 Å². The first-order valence-corrected chi connectivity index (χ1v) is 7.43. The molecule has 0 spiro atoms. The molecule has 1 N–H and O–H groups in total. The number of piperidine rings is 1. The Hall–Kier alpha value is -1.56. The summed E-state index contributed by atoms with van der Waals surface area (Å²) in [7, 11) is 0. The molecule has 1 amide bonds. The van der Waals surface area contributed by atoms with E-state index >= 15 is 0 Å². The van der Waals surface area contributed by atoms with E-state index in [1.165, 1.54) is 12.1 Å². The number of amides is 1. The molecule has 22 heavy (non-hydrogen) atoms. The van der Waals surface area contributed by atoms with Gasteiger partial charge in [0.15, 0.2) is 0 Å². The van der Waals surface area contributed by atoms with Crippen molar-refractivity contribution in [2.45, 2.75) is 26.4 Å². The van der Waals surface area contributed by atoms with Gasteiger partial charge in [0, 0.05) is 18.8 Å². The Morgan fingerprint density at radius 1 is 1.18 bits per heavy atom. The van der Waals surface area contributed by atoms with E-state index in [-0.39, 0.29) is 12.5 Å². The molecule has 122 valence electrons. The summed E-state index contributed by atoms with van der Waals surface area (Å²) in [5.41, 5.74) is -0.333.